The zero-order chi connectivity index (χ0) is 11.4. The minimum Gasteiger partial charge on any atom is -0.377 e. The molecule has 0 bridgehead atoms. The van der Waals surface area contributed by atoms with E-state index in [2.05, 4.69) is 5.32 Å². The summed E-state index contributed by atoms with van der Waals surface area (Å²) in [6, 6.07) is 6.93. The van der Waals surface area contributed by atoms with Crippen LogP contribution in [0.4, 0.5) is 4.39 Å². The molecule has 1 N–H and O–H groups in total. The zero-order valence-electron chi connectivity index (χ0n) is 9.58. The van der Waals surface area contributed by atoms with Crippen molar-refractivity contribution in [2.24, 2.45) is 0 Å². The summed E-state index contributed by atoms with van der Waals surface area (Å²) in [5.41, 5.74) is 0.723. The minimum absolute atomic E-state index is 0.0328. The Morgan fingerprint density at radius 2 is 2.31 bits per heavy atom. The minimum atomic E-state index is -0.144. The van der Waals surface area contributed by atoms with Crippen molar-refractivity contribution in [3.05, 3.63) is 35.6 Å². The molecule has 1 aromatic carbocycles. The van der Waals surface area contributed by atoms with Crippen LogP contribution in [0.3, 0.4) is 0 Å². The Morgan fingerprint density at radius 1 is 1.50 bits per heavy atom. The summed E-state index contributed by atoms with van der Waals surface area (Å²) in [5, 5.41) is 3.32. The molecule has 0 aromatic heterocycles. The number of hydrogen-bond donors (Lipinski definition) is 1. The Morgan fingerprint density at radius 3 is 3.00 bits per heavy atom. The van der Waals surface area contributed by atoms with E-state index in [1.54, 1.807) is 6.07 Å². The monoisotopic (exact) mass is 223 g/mol. The van der Waals surface area contributed by atoms with Crippen molar-refractivity contribution < 1.29 is 9.13 Å². The lowest BCUT2D eigenvalue weighted by molar-refractivity contribution is 0.108. The molecular weight excluding hydrogens is 205 g/mol. The highest BCUT2D eigenvalue weighted by atomic mass is 19.1. The Kier molecular flexibility index (Phi) is 3.91. The van der Waals surface area contributed by atoms with Gasteiger partial charge in [0.25, 0.3) is 0 Å². The molecule has 1 aliphatic heterocycles. The van der Waals surface area contributed by atoms with Gasteiger partial charge in [-0.25, -0.2) is 4.39 Å². The molecule has 1 fully saturated rings. The molecule has 1 aromatic rings. The summed E-state index contributed by atoms with van der Waals surface area (Å²) in [6.45, 7) is 3.64. The maximum Gasteiger partial charge on any atom is 0.127 e. The van der Waals surface area contributed by atoms with Gasteiger partial charge in [0.1, 0.15) is 5.82 Å². The van der Waals surface area contributed by atoms with E-state index < -0.39 is 0 Å². The normalized spacial score (nSPS) is 22.2. The Bertz CT molecular complexity index is 336. The van der Waals surface area contributed by atoms with Crippen LogP contribution in [0.1, 0.15) is 31.4 Å². The lowest BCUT2D eigenvalue weighted by Gasteiger charge is -2.17. The molecule has 0 saturated carbocycles. The third-order valence-electron chi connectivity index (χ3n) is 3.05. The average molecular weight is 223 g/mol. The molecule has 2 nitrogen and oxygen atoms in total. The second-order valence-corrected chi connectivity index (χ2v) is 4.29. The molecule has 88 valence electrons. The first-order valence-corrected chi connectivity index (χ1v) is 5.87. The van der Waals surface area contributed by atoms with Gasteiger partial charge in [-0.15, -0.1) is 0 Å². The fraction of sp³-hybridized carbons (Fsp3) is 0.538. The van der Waals surface area contributed by atoms with E-state index in [0.717, 1.165) is 31.6 Å². The summed E-state index contributed by atoms with van der Waals surface area (Å²) in [6.07, 6.45) is 2.55. The van der Waals surface area contributed by atoms with Crippen LogP contribution in [0.5, 0.6) is 0 Å². The quantitative estimate of drug-likeness (QED) is 0.847. The summed E-state index contributed by atoms with van der Waals surface area (Å²) >= 11 is 0. The van der Waals surface area contributed by atoms with Crippen molar-refractivity contribution in [3.8, 4) is 0 Å². The molecule has 2 unspecified atom stereocenters. The third-order valence-corrected chi connectivity index (χ3v) is 3.05. The zero-order valence-corrected chi connectivity index (χ0v) is 9.58. The van der Waals surface area contributed by atoms with Gasteiger partial charge in [-0.2, -0.15) is 0 Å². The topological polar surface area (TPSA) is 21.3 Å². The van der Waals surface area contributed by atoms with E-state index in [1.165, 1.54) is 6.07 Å². The fourth-order valence-electron chi connectivity index (χ4n) is 2.05. The average Bonchev–Trinajstić information content (AvgIpc) is 2.79. The third kappa shape index (κ3) is 2.80. The van der Waals surface area contributed by atoms with Crippen LogP contribution < -0.4 is 5.32 Å². The Hall–Kier alpha value is -0.930. The van der Waals surface area contributed by atoms with Gasteiger partial charge >= 0.3 is 0 Å². The molecule has 0 amide bonds. The van der Waals surface area contributed by atoms with E-state index in [9.17, 15) is 4.39 Å². The van der Waals surface area contributed by atoms with Crippen molar-refractivity contribution >= 4 is 0 Å². The van der Waals surface area contributed by atoms with Gasteiger partial charge in [0.2, 0.25) is 0 Å². The fourth-order valence-corrected chi connectivity index (χ4v) is 2.05. The van der Waals surface area contributed by atoms with Crippen molar-refractivity contribution in [3.63, 3.8) is 0 Å². The number of benzene rings is 1. The van der Waals surface area contributed by atoms with Crippen molar-refractivity contribution in [2.45, 2.75) is 31.9 Å². The molecule has 1 heterocycles. The van der Waals surface area contributed by atoms with Crippen molar-refractivity contribution in [1.82, 2.24) is 5.32 Å². The second kappa shape index (κ2) is 5.41. The van der Waals surface area contributed by atoms with Gasteiger partial charge in [0.15, 0.2) is 0 Å². The van der Waals surface area contributed by atoms with E-state index >= 15 is 0 Å². The van der Waals surface area contributed by atoms with E-state index in [4.69, 9.17) is 4.74 Å². The SMILES string of the molecule is CC(NCC1CCCO1)c1ccccc1F. The number of hydrogen-bond acceptors (Lipinski definition) is 2. The van der Waals surface area contributed by atoms with Gasteiger partial charge in [-0.05, 0) is 25.8 Å². The molecule has 16 heavy (non-hydrogen) atoms. The molecule has 3 heteroatoms. The van der Waals surface area contributed by atoms with Crippen LogP contribution in [-0.2, 0) is 4.74 Å². The maximum absolute atomic E-state index is 13.5. The maximum atomic E-state index is 13.5. The van der Waals surface area contributed by atoms with Crippen LogP contribution in [0, 0.1) is 5.82 Å². The van der Waals surface area contributed by atoms with E-state index in [1.807, 2.05) is 19.1 Å². The number of halogens is 1. The Balaban J connectivity index is 1.87. The predicted octanol–water partition coefficient (Wildman–Crippen LogP) is 2.66. The second-order valence-electron chi connectivity index (χ2n) is 4.29. The van der Waals surface area contributed by atoms with Crippen molar-refractivity contribution in [1.29, 1.82) is 0 Å². The molecule has 2 rings (SSSR count). The largest absolute Gasteiger partial charge is 0.377 e. The summed E-state index contributed by atoms with van der Waals surface area (Å²) in [4.78, 5) is 0. The molecule has 0 aliphatic carbocycles. The van der Waals surface area contributed by atoms with E-state index in [0.29, 0.717) is 6.10 Å². The van der Waals surface area contributed by atoms with Gasteiger partial charge in [-0.1, -0.05) is 18.2 Å². The highest BCUT2D eigenvalue weighted by molar-refractivity contribution is 5.20. The summed E-state index contributed by atoms with van der Waals surface area (Å²) in [5.74, 6) is -0.144. The Labute approximate surface area is 95.8 Å². The first-order chi connectivity index (χ1) is 7.77. The summed E-state index contributed by atoms with van der Waals surface area (Å²) < 4.78 is 19.0. The smallest absolute Gasteiger partial charge is 0.127 e. The van der Waals surface area contributed by atoms with Crippen LogP contribution in [0.25, 0.3) is 0 Å². The van der Waals surface area contributed by atoms with Gasteiger partial charge in [0, 0.05) is 24.8 Å². The predicted molar refractivity (Wildman–Crippen MR) is 61.8 cm³/mol. The van der Waals surface area contributed by atoms with E-state index in [-0.39, 0.29) is 11.9 Å². The molecule has 0 spiro atoms. The molecule has 2 atom stereocenters. The summed E-state index contributed by atoms with van der Waals surface area (Å²) in [7, 11) is 0. The standard InChI is InChI=1S/C13H18FNO/c1-10(12-6-2-3-7-13(12)14)15-9-11-5-4-8-16-11/h2-3,6-7,10-11,15H,4-5,8-9H2,1H3. The van der Waals surface area contributed by atoms with Crippen LogP contribution in [0.2, 0.25) is 0 Å². The lowest BCUT2D eigenvalue weighted by Crippen LogP contribution is -2.29. The number of nitrogens with one attached hydrogen (secondary N) is 1. The molecular formula is C13H18FNO. The van der Waals surface area contributed by atoms with Crippen LogP contribution in [0.15, 0.2) is 24.3 Å². The van der Waals surface area contributed by atoms with Gasteiger partial charge in [0.05, 0.1) is 6.10 Å². The molecule has 1 aliphatic rings. The number of rotatable bonds is 4. The lowest BCUT2D eigenvalue weighted by atomic mass is 10.1. The number of ether oxygens (including phenoxy) is 1. The van der Waals surface area contributed by atoms with Crippen molar-refractivity contribution in [2.75, 3.05) is 13.2 Å². The molecule has 0 radical (unpaired) electrons. The first kappa shape index (κ1) is 11.6. The highest BCUT2D eigenvalue weighted by Gasteiger charge is 2.17. The first-order valence-electron chi connectivity index (χ1n) is 5.87. The molecule has 1 saturated heterocycles. The van der Waals surface area contributed by atoms with Gasteiger partial charge in [-0.3, -0.25) is 0 Å². The highest BCUT2D eigenvalue weighted by Crippen LogP contribution is 2.17. The van der Waals surface area contributed by atoms with Gasteiger partial charge < -0.3 is 10.1 Å². The van der Waals surface area contributed by atoms with Crippen LogP contribution in [-0.4, -0.2) is 19.3 Å². The van der Waals surface area contributed by atoms with Crippen LogP contribution >= 0.6 is 0 Å².